The molecule has 0 saturated carbocycles. The van der Waals surface area contributed by atoms with Gasteiger partial charge in [0, 0.05) is 11.5 Å². The molecule has 0 saturated heterocycles. The molecule has 0 aliphatic rings. The Balaban J connectivity index is 3.61. The minimum atomic E-state index is 0.957. The van der Waals surface area contributed by atoms with Crippen LogP contribution in [0.4, 0.5) is 0 Å². The van der Waals surface area contributed by atoms with E-state index < -0.39 is 0 Å². The van der Waals surface area contributed by atoms with Crippen molar-refractivity contribution in [2.24, 2.45) is 0 Å². The number of rotatable bonds is 4. The normalized spacial score (nSPS) is 9.50. The van der Waals surface area contributed by atoms with E-state index in [9.17, 15) is 0 Å². The van der Waals surface area contributed by atoms with Gasteiger partial charge in [-0.3, -0.25) is 3.71 Å². The first-order valence-electron chi connectivity index (χ1n) is 3.28. The molecule has 0 unspecified atom stereocenters. The number of nitrogens with zero attached hydrogens (tertiary/aromatic N) is 1. The van der Waals surface area contributed by atoms with Crippen LogP contribution < -0.4 is 0 Å². The minimum absolute atomic E-state index is 0.957. The van der Waals surface area contributed by atoms with Crippen molar-refractivity contribution in [2.45, 2.75) is 20.8 Å². The first-order chi connectivity index (χ1) is 4.72. The molecule has 4 heteroatoms. The van der Waals surface area contributed by atoms with Crippen LogP contribution in [-0.4, -0.2) is 20.2 Å². The zero-order valence-electron chi connectivity index (χ0n) is 6.59. The molecule has 0 aliphatic heterocycles. The molecule has 0 radical (unpaired) electrons. The third-order valence-electron chi connectivity index (χ3n) is 0.750. The Hall–Kier alpha value is 0.590. The summed E-state index contributed by atoms with van der Waals surface area (Å²) >= 11 is 8.56. The Kier molecular flexibility index (Phi) is 6.68. The van der Waals surface area contributed by atoms with Gasteiger partial charge in [-0.05, 0) is 30.8 Å². The number of thiocarbonyl (C=S) groups is 1. The molecule has 0 aliphatic carbocycles. The van der Waals surface area contributed by atoms with E-state index in [1.54, 1.807) is 23.9 Å². The van der Waals surface area contributed by atoms with Gasteiger partial charge in [0.15, 0.2) is 0 Å². The molecule has 60 valence electrons. The molecule has 0 atom stereocenters. The molecular weight excluding hydrogens is 182 g/mol. The van der Waals surface area contributed by atoms with E-state index in [0.717, 1.165) is 16.5 Å². The van der Waals surface area contributed by atoms with Crippen LogP contribution >= 0.6 is 36.1 Å². The van der Waals surface area contributed by atoms with Crippen molar-refractivity contribution in [3.8, 4) is 0 Å². The van der Waals surface area contributed by atoms with Gasteiger partial charge in [-0.1, -0.05) is 26.1 Å². The fourth-order valence-electron chi connectivity index (χ4n) is 0.454. The first-order valence-corrected chi connectivity index (χ1v) is 5.58. The lowest BCUT2D eigenvalue weighted by Crippen LogP contribution is -2.11. The van der Waals surface area contributed by atoms with Crippen LogP contribution in [0.1, 0.15) is 20.8 Å². The topological polar surface area (TPSA) is 3.24 Å². The fraction of sp³-hybridized carbons (Fsp3) is 0.833. The van der Waals surface area contributed by atoms with E-state index in [1.807, 2.05) is 6.92 Å². The smallest absolute Gasteiger partial charge is 0.0963 e. The van der Waals surface area contributed by atoms with Gasteiger partial charge in [-0.25, -0.2) is 0 Å². The molecular formula is C6H13NS3. The van der Waals surface area contributed by atoms with Crippen LogP contribution in [0.3, 0.4) is 0 Å². The standard InChI is InChI=1S/C6H13NS3/c1-4-9-7(6(3)8)10-5-2/h4-5H2,1-3H3. The molecule has 0 N–H and O–H groups in total. The summed E-state index contributed by atoms with van der Waals surface area (Å²) in [4.78, 5) is 0.957. The largest absolute Gasteiger partial charge is 0.252 e. The van der Waals surface area contributed by atoms with Crippen molar-refractivity contribution < 1.29 is 0 Å². The van der Waals surface area contributed by atoms with E-state index in [-0.39, 0.29) is 0 Å². The molecule has 0 aromatic heterocycles. The van der Waals surface area contributed by atoms with Crippen LogP contribution in [0.25, 0.3) is 0 Å². The van der Waals surface area contributed by atoms with Gasteiger partial charge in [-0.15, -0.1) is 0 Å². The highest BCUT2D eigenvalue weighted by Crippen LogP contribution is 2.21. The van der Waals surface area contributed by atoms with E-state index in [1.165, 1.54) is 0 Å². The van der Waals surface area contributed by atoms with E-state index in [2.05, 4.69) is 17.6 Å². The van der Waals surface area contributed by atoms with Crippen LogP contribution in [0, 0.1) is 0 Å². The Labute approximate surface area is 77.2 Å². The van der Waals surface area contributed by atoms with Gasteiger partial charge < -0.3 is 0 Å². The van der Waals surface area contributed by atoms with Crippen LogP contribution in [0.15, 0.2) is 0 Å². The summed E-state index contributed by atoms with van der Waals surface area (Å²) in [7, 11) is 0. The van der Waals surface area contributed by atoms with E-state index in [4.69, 9.17) is 12.2 Å². The zero-order chi connectivity index (χ0) is 7.98. The molecule has 0 rings (SSSR count). The average Bonchev–Trinajstić information content (AvgIpc) is 1.87. The first kappa shape index (κ1) is 10.6. The summed E-state index contributed by atoms with van der Waals surface area (Å²) < 4.78 is 2.09. The average molecular weight is 195 g/mol. The molecule has 0 aromatic rings. The molecule has 0 spiro atoms. The van der Waals surface area contributed by atoms with Crippen LogP contribution in [-0.2, 0) is 0 Å². The lowest BCUT2D eigenvalue weighted by Gasteiger charge is -2.17. The van der Waals surface area contributed by atoms with Crippen LogP contribution in [0.2, 0.25) is 0 Å². The van der Waals surface area contributed by atoms with Gasteiger partial charge in [-0.2, -0.15) is 0 Å². The van der Waals surface area contributed by atoms with Gasteiger partial charge in [0.25, 0.3) is 0 Å². The molecule has 1 nitrogen and oxygen atoms in total. The minimum Gasteiger partial charge on any atom is -0.252 e. The molecule has 10 heavy (non-hydrogen) atoms. The summed E-state index contributed by atoms with van der Waals surface area (Å²) in [5.74, 6) is 2.17. The highest BCUT2D eigenvalue weighted by molar-refractivity contribution is 8.13. The maximum absolute atomic E-state index is 5.03. The maximum atomic E-state index is 5.03. The highest BCUT2D eigenvalue weighted by atomic mass is 32.2. The third kappa shape index (κ3) is 4.41. The summed E-state index contributed by atoms with van der Waals surface area (Å²) in [6, 6.07) is 0. The molecule has 0 bridgehead atoms. The lowest BCUT2D eigenvalue weighted by molar-refractivity contribution is 1.14. The van der Waals surface area contributed by atoms with Crippen molar-refractivity contribution in [1.82, 2.24) is 3.71 Å². The Morgan fingerprint density at radius 2 is 1.70 bits per heavy atom. The summed E-state index contributed by atoms with van der Waals surface area (Å²) in [6.07, 6.45) is 0. The summed E-state index contributed by atoms with van der Waals surface area (Å²) in [5, 5.41) is 0. The lowest BCUT2D eigenvalue weighted by atomic mass is 10.8. The van der Waals surface area contributed by atoms with Gasteiger partial charge in [0.05, 0.1) is 4.99 Å². The maximum Gasteiger partial charge on any atom is 0.0963 e. The zero-order valence-corrected chi connectivity index (χ0v) is 9.04. The second kappa shape index (κ2) is 6.31. The van der Waals surface area contributed by atoms with Crippen molar-refractivity contribution in [1.29, 1.82) is 0 Å². The van der Waals surface area contributed by atoms with Gasteiger partial charge in [0.2, 0.25) is 0 Å². The Morgan fingerprint density at radius 3 is 1.90 bits per heavy atom. The Morgan fingerprint density at radius 1 is 1.30 bits per heavy atom. The van der Waals surface area contributed by atoms with E-state index >= 15 is 0 Å². The second-order valence-corrected chi connectivity index (χ2v) is 4.84. The SMILES string of the molecule is CCSN(SCC)C(C)=S. The van der Waals surface area contributed by atoms with Crippen molar-refractivity contribution in [2.75, 3.05) is 11.5 Å². The number of hydrogen-bond donors (Lipinski definition) is 0. The molecule has 0 heterocycles. The second-order valence-electron chi connectivity index (χ2n) is 1.61. The molecule has 0 amide bonds. The molecule has 0 aromatic carbocycles. The molecule has 0 fully saturated rings. The van der Waals surface area contributed by atoms with Crippen molar-refractivity contribution >= 4 is 41.1 Å². The van der Waals surface area contributed by atoms with Gasteiger partial charge >= 0.3 is 0 Å². The van der Waals surface area contributed by atoms with Crippen LogP contribution in [0.5, 0.6) is 0 Å². The summed E-state index contributed by atoms with van der Waals surface area (Å²) in [5.41, 5.74) is 0. The van der Waals surface area contributed by atoms with E-state index in [0.29, 0.717) is 0 Å². The van der Waals surface area contributed by atoms with Gasteiger partial charge in [0.1, 0.15) is 0 Å². The fourth-order valence-corrected chi connectivity index (χ4v) is 2.53. The number of hydrogen-bond acceptors (Lipinski definition) is 3. The van der Waals surface area contributed by atoms with Crippen molar-refractivity contribution in [3.63, 3.8) is 0 Å². The Bertz CT molecular complexity index is 99.2. The predicted octanol–water partition coefficient (Wildman–Crippen LogP) is 2.97. The highest BCUT2D eigenvalue weighted by Gasteiger charge is 2.02. The predicted molar refractivity (Wildman–Crippen MR) is 56.4 cm³/mol. The summed E-state index contributed by atoms with van der Waals surface area (Å²) in [6.45, 7) is 6.22. The van der Waals surface area contributed by atoms with Crippen molar-refractivity contribution in [3.05, 3.63) is 0 Å². The third-order valence-corrected chi connectivity index (χ3v) is 3.33. The monoisotopic (exact) mass is 195 g/mol. The quantitative estimate of drug-likeness (QED) is 0.501.